The summed E-state index contributed by atoms with van der Waals surface area (Å²) in [4.78, 5) is 0. The molecule has 0 spiro atoms. The first-order chi connectivity index (χ1) is 4.85. The standard InChI is InChI=1S/C9H16O/c1-3-6-9(4-2)7-5-8-10/h9-10H,4-5,7-8H2,1-2H3. The first kappa shape index (κ1) is 9.52. The van der Waals surface area contributed by atoms with Crippen molar-refractivity contribution in [1.29, 1.82) is 0 Å². The van der Waals surface area contributed by atoms with Crippen LogP contribution in [0.15, 0.2) is 0 Å². The van der Waals surface area contributed by atoms with Crippen molar-refractivity contribution in [2.45, 2.75) is 33.1 Å². The molecule has 0 aliphatic rings. The molecule has 10 heavy (non-hydrogen) atoms. The molecular formula is C9H16O. The van der Waals surface area contributed by atoms with Crippen LogP contribution >= 0.6 is 0 Å². The minimum Gasteiger partial charge on any atom is -0.396 e. The van der Waals surface area contributed by atoms with Crippen LogP contribution in [0.5, 0.6) is 0 Å². The van der Waals surface area contributed by atoms with Gasteiger partial charge in [-0.05, 0) is 26.2 Å². The van der Waals surface area contributed by atoms with Gasteiger partial charge in [-0.1, -0.05) is 6.92 Å². The van der Waals surface area contributed by atoms with Crippen molar-refractivity contribution >= 4 is 0 Å². The third-order valence-electron chi connectivity index (χ3n) is 1.55. The van der Waals surface area contributed by atoms with E-state index >= 15 is 0 Å². The number of rotatable bonds is 4. The zero-order chi connectivity index (χ0) is 7.82. The van der Waals surface area contributed by atoms with Gasteiger partial charge < -0.3 is 5.11 Å². The fourth-order valence-electron chi connectivity index (χ4n) is 0.920. The van der Waals surface area contributed by atoms with Crippen LogP contribution in [0.3, 0.4) is 0 Å². The minimum absolute atomic E-state index is 0.294. The van der Waals surface area contributed by atoms with Gasteiger partial charge in [0.2, 0.25) is 0 Å². The lowest BCUT2D eigenvalue weighted by molar-refractivity contribution is 0.277. The zero-order valence-corrected chi connectivity index (χ0v) is 6.85. The summed E-state index contributed by atoms with van der Waals surface area (Å²) in [5, 5.41) is 8.53. The molecule has 0 aromatic carbocycles. The molecule has 1 nitrogen and oxygen atoms in total. The molecule has 0 aliphatic heterocycles. The van der Waals surface area contributed by atoms with Crippen LogP contribution in [-0.4, -0.2) is 11.7 Å². The Labute approximate surface area is 63.5 Å². The van der Waals surface area contributed by atoms with E-state index in [1.807, 2.05) is 6.92 Å². The highest BCUT2D eigenvalue weighted by molar-refractivity contribution is 5.00. The predicted octanol–water partition coefficient (Wildman–Crippen LogP) is 1.81. The first-order valence-electron chi connectivity index (χ1n) is 3.88. The van der Waals surface area contributed by atoms with Gasteiger partial charge in [-0.25, -0.2) is 0 Å². The SMILES string of the molecule is CC#CC(CC)CCCO. The molecule has 0 fully saturated rings. The molecular weight excluding hydrogens is 124 g/mol. The van der Waals surface area contributed by atoms with Crippen LogP contribution in [0.2, 0.25) is 0 Å². The zero-order valence-electron chi connectivity index (χ0n) is 6.85. The summed E-state index contributed by atoms with van der Waals surface area (Å²) in [6.07, 6.45) is 3.02. The van der Waals surface area contributed by atoms with Gasteiger partial charge in [0.25, 0.3) is 0 Å². The molecule has 58 valence electrons. The summed E-state index contributed by atoms with van der Waals surface area (Å²) >= 11 is 0. The first-order valence-corrected chi connectivity index (χ1v) is 3.88. The van der Waals surface area contributed by atoms with E-state index in [4.69, 9.17) is 5.11 Å². The average molecular weight is 140 g/mol. The Morgan fingerprint density at radius 1 is 1.50 bits per heavy atom. The van der Waals surface area contributed by atoms with Crippen molar-refractivity contribution in [1.82, 2.24) is 0 Å². The molecule has 0 heterocycles. The van der Waals surface area contributed by atoms with E-state index in [1.54, 1.807) is 0 Å². The maximum atomic E-state index is 8.53. The number of aliphatic hydroxyl groups is 1. The molecule has 0 radical (unpaired) electrons. The molecule has 0 aromatic rings. The molecule has 0 bridgehead atoms. The molecule has 1 atom stereocenters. The lowest BCUT2D eigenvalue weighted by atomic mass is 10.0. The molecule has 0 aromatic heterocycles. The normalized spacial score (nSPS) is 11.9. The Kier molecular flexibility index (Phi) is 6.32. The van der Waals surface area contributed by atoms with Gasteiger partial charge >= 0.3 is 0 Å². The third kappa shape index (κ3) is 4.40. The summed E-state index contributed by atoms with van der Waals surface area (Å²) in [5.41, 5.74) is 0. The van der Waals surface area contributed by atoms with Gasteiger partial charge in [-0.2, -0.15) is 0 Å². The minimum atomic E-state index is 0.294. The van der Waals surface area contributed by atoms with Gasteiger partial charge in [0, 0.05) is 12.5 Å². The monoisotopic (exact) mass is 140 g/mol. The summed E-state index contributed by atoms with van der Waals surface area (Å²) in [7, 11) is 0. The molecule has 0 saturated heterocycles. The maximum Gasteiger partial charge on any atom is 0.0431 e. The van der Waals surface area contributed by atoms with Gasteiger partial charge in [-0.15, -0.1) is 11.8 Å². The van der Waals surface area contributed by atoms with Crippen molar-refractivity contribution in [2.75, 3.05) is 6.61 Å². The Hall–Kier alpha value is -0.480. The van der Waals surface area contributed by atoms with Crippen LogP contribution in [0.1, 0.15) is 33.1 Å². The Bertz CT molecular complexity index is 118. The Morgan fingerprint density at radius 2 is 2.20 bits per heavy atom. The van der Waals surface area contributed by atoms with E-state index in [1.165, 1.54) is 0 Å². The van der Waals surface area contributed by atoms with Crippen molar-refractivity contribution in [3.63, 3.8) is 0 Å². The summed E-state index contributed by atoms with van der Waals surface area (Å²) < 4.78 is 0. The second kappa shape index (κ2) is 6.64. The van der Waals surface area contributed by atoms with E-state index in [0.717, 1.165) is 19.3 Å². The van der Waals surface area contributed by atoms with E-state index < -0.39 is 0 Å². The van der Waals surface area contributed by atoms with Crippen molar-refractivity contribution in [2.24, 2.45) is 5.92 Å². The van der Waals surface area contributed by atoms with Gasteiger partial charge in [0.15, 0.2) is 0 Å². The fourth-order valence-corrected chi connectivity index (χ4v) is 0.920. The largest absolute Gasteiger partial charge is 0.396 e. The lowest BCUT2D eigenvalue weighted by Crippen LogP contribution is -1.96. The molecule has 0 aliphatic carbocycles. The van der Waals surface area contributed by atoms with Gasteiger partial charge in [0.05, 0.1) is 0 Å². The fraction of sp³-hybridized carbons (Fsp3) is 0.778. The summed E-state index contributed by atoms with van der Waals surface area (Å²) in [6, 6.07) is 0. The summed E-state index contributed by atoms with van der Waals surface area (Å²) in [6.45, 7) is 4.29. The lowest BCUT2D eigenvalue weighted by Gasteiger charge is -2.04. The highest BCUT2D eigenvalue weighted by atomic mass is 16.2. The van der Waals surface area contributed by atoms with Crippen LogP contribution in [0.25, 0.3) is 0 Å². The number of aliphatic hydroxyl groups excluding tert-OH is 1. The van der Waals surface area contributed by atoms with Crippen molar-refractivity contribution in [3.05, 3.63) is 0 Å². The van der Waals surface area contributed by atoms with Gasteiger partial charge in [-0.3, -0.25) is 0 Å². The van der Waals surface area contributed by atoms with E-state index in [9.17, 15) is 0 Å². The van der Waals surface area contributed by atoms with Gasteiger partial charge in [0.1, 0.15) is 0 Å². The molecule has 0 amide bonds. The van der Waals surface area contributed by atoms with Crippen LogP contribution < -0.4 is 0 Å². The molecule has 1 unspecified atom stereocenters. The Balaban J connectivity index is 3.46. The van der Waals surface area contributed by atoms with E-state index in [0.29, 0.717) is 12.5 Å². The highest BCUT2D eigenvalue weighted by Crippen LogP contribution is 2.08. The maximum absolute atomic E-state index is 8.53. The smallest absolute Gasteiger partial charge is 0.0431 e. The third-order valence-corrected chi connectivity index (χ3v) is 1.55. The van der Waals surface area contributed by atoms with E-state index in [-0.39, 0.29) is 0 Å². The quantitative estimate of drug-likeness (QED) is 0.590. The predicted molar refractivity (Wildman–Crippen MR) is 43.6 cm³/mol. The van der Waals surface area contributed by atoms with Crippen molar-refractivity contribution < 1.29 is 5.11 Å². The number of hydrogen-bond acceptors (Lipinski definition) is 1. The van der Waals surface area contributed by atoms with E-state index in [2.05, 4.69) is 18.8 Å². The molecule has 1 heteroatoms. The number of hydrogen-bond donors (Lipinski definition) is 1. The van der Waals surface area contributed by atoms with Crippen LogP contribution in [0, 0.1) is 17.8 Å². The summed E-state index contributed by atoms with van der Waals surface area (Å²) in [5.74, 6) is 6.50. The molecule has 0 rings (SSSR count). The highest BCUT2D eigenvalue weighted by Gasteiger charge is 1.99. The molecule has 1 N–H and O–H groups in total. The van der Waals surface area contributed by atoms with Crippen LogP contribution in [0.4, 0.5) is 0 Å². The van der Waals surface area contributed by atoms with Crippen molar-refractivity contribution in [3.8, 4) is 11.8 Å². The topological polar surface area (TPSA) is 20.2 Å². The second-order valence-corrected chi connectivity index (χ2v) is 2.37. The molecule has 0 saturated carbocycles. The van der Waals surface area contributed by atoms with Crippen LogP contribution in [-0.2, 0) is 0 Å². The Morgan fingerprint density at radius 3 is 2.60 bits per heavy atom. The second-order valence-electron chi connectivity index (χ2n) is 2.37. The average Bonchev–Trinajstić information content (AvgIpc) is 1.98.